The van der Waals surface area contributed by atoms with E-state index in [4.69, 9.17) is 9.15 Å². The average Bonchev–Trinajstić information content (AvgIpc) is 3.45. The van der Waals surface area contributed by atoms with Gasteiger partial charge in [0.25, 0.3) is 0 Å². The largest absolute Gasteiger partial charge is 0.466 e. The van der Waals surface area contributed by atoms with Crippen LogP contribution in [0.3, 0.4) is 0 Å². The zero-order valence-electron chi connectivity index (χ0n) is 16.0. The summed E-state index contributed by atoms with van der Waals surface area (Å²) in [6, 6.07) is 9.77. The molecule has 2 bridgehead atoms. The SMILES string of the molecule is COC(=O)C1=C(c2cc3ccccc3o2)C[C@@H]2CC[C@H]1N2C(=O)N1CCCC1. The summed E-state index contributed by atoms with van der Waals surface area (Å²) in [6.07, 6.45) is 4.42. The van der Waals surface area contributed by atoms with Gasteiger partial charge in [0.2, 0.25) is 0 Å². The molecule has 3 aliphatic rings. The number of benzene rings is 1. The molecule has 0 spiro atoms. The molecule has 6 heteroatoms. The molecule has 0 N–H and O–H groups in total. The summed E-state index contributed by atoms with van der Waals surface area (Å²) in [7, 11) is 1.40. The zero-order valence-corrected chi connectivity index (χ0v) is 16.0. The van der Waals surface area contributed by atoms with Crippen molar-refractivity contribution in [2.24, 2.45) is 0 Å². The van der Waals surface area contributed by atoms with Crippen LogP contribution >= 0.6 is 0 Å². The third-order valence-electron chi connectivity index (χ3n) is 6.33. The molecule has 0 unspecified atom stereocenters. The number of esters is 1. The monoisotopic (exact) mass is 380 g/mol. The first-order chi connectivity index (χ1) is 13.7. The summed E-state index contributed by atoms with van der Waals surface area (Å²) >= 11 is 0. The Hall–Kier alpha value is -2.76. The Morgan fingerprint density at radius 3 is 2.68 bits per heavy atom. The van der Waals surface area contributed by atoms with Crippen molar-refractivity contribution in [3.63, 3.8) is 0 Å². The van der Waals surface area contributed by atoms with E-state index in [0.717, 1.165) is 55.3 Å². The predicted molar refractivity (Wildman–Crippen MR) is 105 cm³/mol. The molecular weight excluding hydrogens is 356 g/mol. The number of rotatable bonds is 2. The lowest BCUT2D eigenvalue weighted by Crippen LogP contribution is -2.51. The minimum absolute atomic E-state index is 0.0649. The van der Waals surface area contributed by atoms with Gasteiger partial charge in [0.15, 0.2) is 0 Å². The molecule has 2 fully saturated rings. The van der Waals surface area contributed by atoms with Crippen molar-refractivity contribution in [3.05, 3.63) is 41.7 Å². The van der Waals surface area contributed by atoms with Crippen molar-refractivity contribution < 1.29 is 18.7 Å². The number of carbonyl (C=O) groups is 2. The van der Waals surface area contributed by atoms with E-state index in [0.29, 0.717) is 17.8 Å². The highest BCUT2D eigenvalue weighted by Gasteiger charge is 2.48. The van der Waals surface area contributed by atoms with Crippen LogP contribution in [0.15, 0.2) is 40.3 Å². The lowest BCUT2D eigenvalue weighted by Gasteiger charge is -2.38. The highest BCUT2D eigenvalue weighted by atomic mass is 16.5. The molecule has 3 aliphatic heterocycles. The first-order valence-electron chi connectivity index (χ1n) is 10.0. The van der Waals surface area contributed by atoms with E-state index in [2.05, 4.69) is 0 Å². The first kappa shape index (κ1) is 17.3. The van der Waals surface area contributed by atoms with Crippen LogP contribution in [0.1, 0.15) is 37.9 Å². The summed E-state index contributed by atoms with van der Waals surface area (Å²) in [5.41, 5.74) is 2.28. The molecule has 2 saturated heterocycles. The summed E-state index contributed by atoms with van der Waals surface area (Å²) < 4.78 is 11.2. The molecule has 6 nitrogen and oxygen atoms in total. The summed E-state index contributed by atoms with van der Waals surface area (Å²) in [5, 5.41) is 1.01. The molecule has 1 aromatic heterocycles. The van der Waals surface area contributed by atoms with Crippen LogP contribution in [0.5, 0.6) is 0 Å². The van der Waals surface area contributed by atoms with Gasteiger partial charge in [-0.2, -0.15) is 0 Å². The second-order valence-corrected chi connectivity index (χ2v) is 7.87. The maximum absolute atomic E-state index is 13.2. The third-order valence-corrected chi connectivity index (χ3v) is 6.33. The molecule has 4 heterocycles. The average molecular weight is 380 g/mol. The number of carbonyl (C=O) groups excluding carboxylic acids is 2. The molecule has 2 atom stereocenters. The topological polar surface area (TPSA) is 63.0 Å². The number of furan rings is 1. The molecule has 2 aromatic rings. The Balaban J connectivity index is 1.58. The Kier molecular flexibility index (Phi) is 4.14. The number of nitrogens with zero attached hydrogens (tertiary/aromatic N) is 2. The number of para-hydroxylation sites is 1. The van der Waals surface area contributed by atoms with E-state index in [1.807, 2.05) is 40.1 Å². The second-order valence-electron chi connectivity index (χ2n) is 7.87. The number of amides is 2. The van der Waals surface area contributed by atoms with Crippen LogP contribution in [0.25, 0.3) is 16.5 Å². The number of likely N-dealkylation sites (tertiary alicyclic amines) is 1. The Morgan fingerprint density at radius 1 is 1.14 bits per heavy atom. The predicted octanol–water partition coefficient (Wildman–Crippen LogP) is 3.81. The number of methoxy groups -OCH3 is 1. The van der Waals surface area contributed by atoms with E-state index in [9.17, 15) is 9.59 Å². The zero-order chi connectivity index (χ0) is 19.3. The molecule has 5 rings (SSSR count). The molecule has 0 radical (unpaired) electrons. The number of urea groups is 1. The van der Waals surface area contributed by atoms with Gasteiger partial charge in [-0.1, -0.05) is 18.2 Å². The van der Waals surface area contributed by atoms with Gasteiger partial charge in [0, 0.05) is 30.1 Å². The van der Waals surface area contributed by atoms with Gasteiger partial charge >= 0.3 is 12.0 Å². The van der Waals surface area contributed by atoms with Crippen molar-refractivity contribution in [3.8, 4) is 0 Å². The lowest BCUT2D eigenvalue weighted by molar-refractivity contribution is -0.136. The minimum Gasteiger partial charge on any atom is -0.466 e. The van der Waals surface area contributed by atoms with Crippen molar-refractivity contribution in [2.45, 2.75) is 44.2 Å². The van der Waals surface area contributed by atoms with E-state index < -0.39 is 0 Å². The smallest absolute Gasteiger partial charge is 0.336 e. The fourth-order valence-electron chi connectivity index (χ4n) is 5.01. The first-order valence-corrected chi connectivity index (χ1v) is 10.0. The number of hydrogen-bond acceptors (Lipinski definition) is 4. The van der Waals surface area contributed by atoms with Gasteiger partial charge in [0.05, 0.1) is 18.7 Å². The van der Waals surface area contributed by atoms with Crippen molar-refractivity contribution in [1.82, 2.24) is 9.80 Å². The lowest BCUT2D eigenvalue weighted by atomic mass is 9.91. The van der Waals surface area contributed by atoms with Gasteiger partial charge in [0.1, 0.15) is 11.3 Å². The van der Waals surface area contributed by atoms with Crippen molar-refractivity contribution in [1.29, 1.82) is 0 Å². The third kappa shape index (κ3) is 2.62. The van der Waals surface area contributed by atoms with Gasteiger partial charge in [-0.15, -0.1) is 0 Å². The van der Waals surface area contributed by atoms with Gasteiger partial charge < -0.3 is 19.0 Å². The summed E-state index contributed by atoms with van der Waals surface area (Å²) in [6.45, 7) is 1.62. The molecular formula is C22H24N2O4. The second kappa shape index (κ2) is 6.69. The summed E-state index contributed by atoms with van der Waals surface area (Å²) in [4.78, 5) is 29.8. The van der Waals surface area contributed by atoms with Crippen molar-refractivity contribution >= 4 is 28.5 Å². The van der Waals surface area contributed by atoms with Crippen LogP contribution in [0.2, 0.25) is 0 Å². The summed E-state index contributed by atoms with van der Waals surface area (Å²) in [5.74, 6) is 0.354. The molecule has 1 aromatic carbocycles. The minimum atomic E-state index is -0.361. The number of ether oxygens (including phenoxy) is 1. The Labute approximate surface area is 163 Å². The number of hydrogen-bond donors (Lipinski definition) is 0. The number of fused-ring (bicyclic) bond motifs is 3. The Morgan fingerprint density at radius 2 is 1.93 bits per heavy atom. The van der Waals surface area contributed by atoms with Crippen LogP contribution in [-0.4, -0.2) is 54.1 Å². The maximum atomic E-state index is 13.2. The molecule has 2 amide bonds. The van der Waals surface area contributed by atoms with E-state index in [-0.39, 0.29) is 24.1 Å². The van der Waals surface area contributed by atoms with Gasteiger partial charge in [-0.05, 0) is 44.2 Å². The van der Waals surface area contributed by atoms with Gasteiger partial charge in [-0.3, -0.25) is 0 Å². The van der Waals surface area contributed by atoms with Crippen LogP contribution in [-0.2, 0) is 9.53 Å². The van der Waals surface area contributed by atoms with Crippen LogP contribution in [0.4, 0.5) is 4.79 Å². The highest BCUT2D eigenvalue weighted by molar-refractivity contribution is 6.01. The van der Waals surface area contributed by atoms with E-state index in [1.165, 1.54) is 7.11 Å². The van der Waals surface area contributed by atoms with E-state index in [1.54, 1.807) is 0 Å². The normalized spacial score (nSPS) is 24.3. The molecule has 28 heavy (non-hydrogen) atoms. The molecule has 0 saturated carbocycles. The van der Waals surface area contributed by atoms with Gasteiger partial charge in [-0.25, -0.2) is 9.59 Å². The van der Waals surface area contributed by atoms with E-state index >= 15 is 0 Å². The fraction of sp³-hybridized carbons (Fsp3) is 0.455. The van der Waals surface area contributed by atoms with Crippen molar-refractivity contribution in [2.75, 3.05) is 20.2 Å². The quantitative estimate of drug-likeness (QED) is 0.743. The Bertz CT molecular complexity index is 937. The highest BCUT2D eigenvalue weighted by Crippen LogP contribution is 2.45. The fourth-order valence-corrected chi connectivity index (χ4v) is 5.01. The standard InChI is InChI=1S/C22H24N2O4/c1-27-21(25)20-16(19-12-14-6-2-3-7-18(14)28-19)13-15-8-9-17(20)24(15)22(26)23-10-4-5-11-23/h2-3,6-7,12,15,17H,4-5,8-11,13H2,1H3/t15-,17+/m0/s1. The van der Waals surface area contributed by atoms with Crippen LogP contribution in [0, 0.1) is 0 Å². The maximum Gasteiger partial charge on any atom is 0.336 e. The molecule has 146 valence electrons. The molecule has 0 aliphatic carbocycles. The van der Waals surface area contributed by atoms with Crippen LogP contribution < -0.4 is 0 Å².